The van der Waals surface area contributed by atoms with Crippen LogP contribution in [0.25, 0.3) is 0 Å². The van der Waals surface area contributed by atoms with Gasteiger partial charge in [-0.15, -0.1) is 0 Å². The molecule has 0 aromatic carbocycles. The molecule has 4 heteroatoms. The predicted molar refractivity (Wildman–Crippen MR) is 60.5 cm³/mol. The van der Waals surface area contributed by atoms with Crippen LogP contribution in [-0.4, -0.2) is 23.3 Å². The van der Waals surface area contributed by atoms with Crippen molar-refractivity contribution < 1.29 is 14.3 Å². The van der Waals surface area contributed by atoms with E-state index in [4.69, 9.17) is 4.74 Å². The number of Topliss-reactive ketones (excluding diaryl/α,β-unsaturated/α-hetero) is 1. The average Bonchev–Trinajstić information content (AvgIpc) is 2.57. The number of carbonyl (C=O) groups is 2. The summed E-state index contributed by atoms with van der Waals surface area (Å²) in [6, 6.07) is 1.80. The topological polar surface area (TPSA) is 59.2 Å². The summed E-state index contributed by atoms with van der Waals surface area (Å²) in [6.07, 6.45) is 0.915. The van der Waals surface area contributed by atoms with E-state index < -0.39 is 0 Å². The summed E-state index contributed by atoms with van der Waals surface area (Å²) in [5.41, 5.74) is 2.45. The molecule has 0 amide bonds. The number of H-pyrrole nitrogens is 1. The van der Waals surface area contributed by atoms with E-state index in [-0.39, 0.29) is 11.8 Å². The zero-order valence-corrected chi connectivity index (χ0v) is 9.92. The maximum absolute atomic E-state index is 11.2. The van der Waals surface area contributed by atoms with Crippen molar-refractivity contribution in [2.75, 3.05) is 6.61 Å². The van der Waals surface area contributed by atoms with Gasteiger partial charge in [0.15, 0.2) is 5.78 Å². The van der Waals surface area contributed by atoms with Gasteiger partial charge >= 0.3 is 5.97 Å². The SMILES string of the molecule is CCOC(=O)CCc1cc(C(C)=O)c(C)[nH]1. The molecule has 0 radical (unpaired) electrons. The van der Waals surface area contributed by atoms with Crippen LogP contribution in [0, 0.1) is 6.92 Å². The highest BCUT2D eigenvalue weighted by Gasteiger charge is 2.10. The predicted octanol–water partition coefficient (Wildman–Crippen LogP) is 2.02. The Morgan fingerprint density at radius 1 is 1.44 bits per heavy atom. The molecule has 1 rings (SSSR count). The Morgan fingerprint density at radius 3 is 2.62 bits per heavy atom. The molecule has 0 saturated carbocycles. The molecule has 0 aliphatic rings. The largest absolute Gasteiger partial charge is 0.466 e. The highest BCUT2D eigenvalue weighted by molar-refractivity contribution is 5.95. The number of hydrogen-bond acceptors (Lipinski definition) is 3. The van der Waals surface area contributed by atoms with Crippen molar-refractivity contribution in [1.29, 1.82) is 0 Å². The van der Waals surface area contributed by atoms with Crippen LogP contribution >= 0.6 is 0 Å². The van der Waals surface area contributed by atoms with Crippen LogP contribution in [0.1, 0.15) is 42.0 Å². The zero-order chi connectivity index (χ0) is 12.1. The third kappa shape index (κ3) is 3.22. The van der Waals surface area contributed by atoms with Crippen LogP contribution in [0.15, 0.2) is 6.07 Å². The molecule has 0 saturated heterocycles. The number of ether oxygens (including phenoxy) is 1. The highest BCUT2D eigenvalue weighted by atomic mass is 16.5. The molecular formula is C12H17NO3. The minimum absolute atomic E-state index is 0.0381. The Hall–Kier alpha value is -1.58. The third-order valence-corrected chi connectivity index (χ3v) is 2.35. The van der Waals surface area contributed by atoms with E-state index in [1.807, 2.05) is 6.92 Å². The van der Waals surface area contributed by atoms with Crippen LogP contribution in [0.4, 0.5) is 0 Å². The van der Waals surface area contributed by atoms with E-state index in [9.17, 15) is 9.59 Å². The average molecular weight is 223 g/mol. The first-order valence-corrected chi connectivity index (χ1v) is 5.39. The van der Waals surface area contributed by atoms with Crippen molar-refractivity contribution in [2.24, 2.45) is 0 Å². The first-order valence-electron chi connectivity index (χ1n) is 5.39. The van der Waals surface area contributed by atoms with Crippen molar-refractivity contribution in [3.63, 3.8) is 0 Å². The van der Waals surface area contributed by atoms with Crippen LogP contribution in [0.3, 0.4) is 0 Å². The number of hydrogen-bond donors (Lipinski definition) is 1. The molecule has 0 aliphatic heterocycles. The standard InChI is InChI=1S/C12H17NO3/c1-4-16-12(15)6-5-10-7-11(9(3)14)8(2)13-10/h7,13H,4-6H2,1-3H3. The first kappa shape index (κ1) is 12.5. The van der Waals surface area contributed by atoms with Gasteiger partial charge in [0.05, 0.1) is 13.0 Å². The summed E-state index contributed by atoms with van der Waals surface area (Å²) >= 11 is 0. The second kappa shape index (κ2) is 5.49. The van der Waals surface area contributed by atoms with Crippen LogP contribution in [0.2, 0.25) is 0 Å². The molecule has 1 aromatic rings. The molecule has 0 spiro atoms. The van der Waals surface area contributed by atoms with Gasteiger partial charge in [0.2, 0.25) is 0 Å². The number of nitrogens with one attached hydrogen (secondary N) is 1. The van der Waals surface area contributed by atoms with E-state index in [0.717, 1.165) is 11.4 Å². The molecule has 0 atom stereocenters. The second-order valence-corrected chi connectivity index (χ2v) is 3.69. The summed E-state index contributed by atoms with van der Waals surface area (Å²) in [7, 11) is 0. The van der Waals surface area contributed by atoms with Gasteiger partial charge in [0.1, 0.15) is 0 Å². The maximum Gasteiger partial charge on any atom is 0.306 e. The first-order chi connectivity index (χ1) is 7.54. The van der Waals surface area contributed by atoms with Gasteiger partial charge in [-0.05, 0) is 33.3 Å². The fourth-order valence-electron chi connectivity index (χ4n) is 1.60. The maximum atomic E-state index is 11.2. The van der Waals surface area contributed by atoms with Crippen LogP contribution in [-0.2, 0) is 16.0 Å². The number of aromatic nitrogens is 1. The number of aryl methyl sites for hydroxylation is 2. The third-order valence-electron chi connectivity index (χ3n) is 2.35. The van der Waals surface area contributed by atoms with E-state index >= 15 is 0 Å². The second-order valence-electron chi connectivity index (χ2n) is 3.69. The molecular weight excluding hydrogens is 206 g/mol. The number of rotatable bonds is 5. The van der Waals surface area contributed by atoms with Gasteiger partial charge in [-0.3, -0.25) is 9.59 Å². The summed E-state index contributed by atoms with van der Waals surface area (Å²) in [5, 5.41) is 0. The molecule has 0 unspecified atom stereocenters. The Balaban J connectivity index is 2.58. The van der Waals surface area contributed by atoms with Gasteiger partial charge in [0, 0.05) is 17.0 Å². The minimum Gasteiger partial charge on any atom is -0.466 e. The van der Waals surface area contributed by atoms with E-state index in [2.05, 4.69) is 4.98 Å². The molecule has 16 heavy (non-hydrogen) atoms. The van der Waals surface area contributed by atoms with Gasteiger partial charge in [-0.25, -0.2) is 0 Å². The lowest BCUT2D eigenvalue weighted by atomic mass is 10.1. The smallest absolute Gasteiger partial charge is 0.306 e. The van der Waals surface area contributed by atoms with Gasteiger partial charge in [-0.1, -0.05) is 0 Å². The number of esters is 1. The van der Waals surface area contributed by atoms with Crippen molar-refractivity contribution in [2.45, 2.75) is 33.6 Å². The summed E-state index contributed by atoms with van der Waals surface area (Å²) in [6.45, 7) is 5.57. The van der Waals surface area contributed by atoms with E-state index in [1.165, 1.54) is 6.92 Å². The molecule has 0 bridgehead atoms. The molecule has 1 heterocycles. The quantitative estimate of drug-likeness (QED) is 0.613. The molecule has 0 aliphatic carbocycles. The summed E-state index contributed by atoms with van der Waals surface area (Å²) < 4.78 is 4.83. The lowest BCUT2D eigenvalue weighted by Crippen LogP contribution is -2.05. The van der Waals surface area contributed by atoms with Crippen molar-refractivity contribution in [1.82, 2.24) is 4.98 Å². The zero-order valence-electron chi connectivity index (χ0n) is 9.92. The number of aromatic amines is 1. The fraction of sp³-hybridized carbons (Fsp3) is 0.500. The summed E-state index contributed by atoms with van der Waals surface area (Å²) in [5.74, 6) is -0.171. The Bertz CT molecular complexity index is 393. The fourth-order valence-corrected chi connectivity index (χ4v) is 1.60. The number of ketones is 1. The Kier molecular flexibility index (Phi) is 4.28. The molecule has 0 fully saturated rings. The normalized spacial score (nSPS) is 10.2. The van der Waals surface area contributed by atoms with Crippen molar-refractivity contribution >= 4 is 11.8 Å². The van der Waals surface area contributed by atoms with E-state index in [1.54, 1.807) is 13.0 Å². The van der Waals surface area contributed by atoms with Crippen molar-refractivity contribution in [3.05, 3.63) is 23.0 Å². The molecule has 1 N–H and O–H groups in total. The Morgan fingerprint density at radius 2 is 2.12 bits per heavy atom. The van der Waals surface area contributed by atoms with Gasteiger partial charge < -0.3 is 9.72 Å². The van der Waals surface area contributed by atoms with E-state index in [0.29, 0.717) is 25.0 Å². The molecule has 1 aromatic heterocycles. The van der Waals surface area contributed by atoms with Crippen LogP contribution < -0.4 is 0 Å². The van der Waals surface area contributed by atoms with Gasteiger partial charge in [0.25, 0.3) is 0 Å². The lowest BCUT2D eigenvalue weighted by molar-refractivity contribution is -0.143. The van der Waals surface area contributed by atoms with Crippen LogP contribution in [0.5, 0.6) is 0 Å². The lowest BCUT2D eigenvalue weighted by Gasteiger charge is -1.99. The minimum atomic E-state index is -0.209. The summed E-state index contributed by atoms with van der Waals surface area (Å²) in [4.78, 5) is 25.4. The van der Waals surface area contributed by atoms with Gasteiger partial charge in [-0.2, -0.15) is 0 Å². The monoisotopic (exact) mass is 223 g/mol. The molecule has 88 valence electrons. The Labute approximate surface area is 95.0 Å². The molecule has 4 nitrogen and oxygen atoms in total. The number of carbonyl (C=O) groups excluding carboxylic acids is 2. The van der Waals surface area contributed by atoms with Crippen molar-refractivity contribution in [3.8, 4) is 0 Å². The highest BCUT2D eigenvalue weighted by Crippen LogP contribution is 2.12.